The van der Waals surface area contributed by atoms with Crippen LogP contribution in [0.3, 0.4) is 0 Å². The molecule has 5 heteroatoms. The zero-order chi connectivity index (χ0) is 16.0. The number of ether oxygens (including phenoxy) is 1. The molecule has 0 saturated heterocycles. The van der Waals surface area contributed by atoms with Gasteiger partial charge in [0, 0.05) is 23.2 Å². The van der Waals surface area contributed by atoms with Crippen LogP contribution in [0.4, 0.5) is 0 Å². The second kappa shape index (κ2) is 5.11. The first-order valence-corrected chi connectivity index (χ1v) is 8.26. The Hall–Kier alpha value is -2.30. The molecule has 3 heterocycles. The largest absolute Gasteiger partial charge is 0.480 e. The number of carbonyl (C=O) groups excluding carboxylic acids is 1. The van der Waals surface area contributed by atoms with Crippen molar-refractivity contribution in [2.24, 2.45) is 11.7 Å². The summed E-state index contributed by atoms with van der Waals surface area (Å²) in [6, 6.07) is 3.78. The highest BCUT2D eigenvalue weighted by molar-refractivity contribution is 5.93. The molecule has 0 spiro atoms. The van der Waals surface area contributed by atoms with E-state index in [4.69, 9.17) is 10.5 Å². The number of rotatable bonds is 2. The second-order valence-corrected chi connectivity index (χ2v) is 6.75. The SMILES string of the molecule is C[C@@]1(C2CCCCC2)Oc2cnccc2-c2[nH]c(C(N)=O)cc21. The molecule has 1 aliphatic heterocycles. The number of H-pyrrole nitrogens is 1. The Kier molecular flexibility index (Phi) is 3.18. The van der Waals surface area contributed by atoms with E-state index in [9.17, 15) is 4.79 Å². The summed E-state index contributed by atoms with van der Waals surface area (Å²) < 4.78 is 6.44. The lowest BCUT2D eigenvalue weighted by atomic mass is 9.73. The molecule has 0 aromatic carbocycles. The van der Waals surface area contributed by atoms with Crippen LogP contribution in [0.1, 0.15) is 55.1 Å². The summed E-state index contributed by atoms with van der Waals surface area (Å²) in [5.41, 5.74) is 8.40. The minimum absolute atomic E-state index is 0.430. The van der Waals surface area contributed by atoms with Crippen LogP contribution in [0.5, 0.6) is 5.75 Å². The predicted octanol–water partition coefficient (Wildman–Crippen LogP) is 3.36. The van der Waals surface area contributed by atoms with Gasteiger partial charge in [-0.05, 0) is 31.9 Å². The quantitative estimate of drug-likeness (QED) is 0.892. The Balaban J connectivity index is 1.89. The highest BCUT2D eigenvalue weighted by Crippen LogP contribution is 2.51. The fourth-order valence-electron chi connectivity index (χ4n) is 4.10. The monoisotopic (exact) mass is 311 g/mol. The van der Waals surface area contributed by atoms with Crippen molar-refractivity contribution in [2.45, 2.75) is 44.6 Å². The van der Waals surface area contributed by atoms with Gasteiger partial charge in [-0.15, -0.1) is 0 Å². The van der Waals surface area contributed by atoms with Gasteiger partial charge in [0.25, 0.3) is 5.91 Å². The van der Waals surface area contributed by atoms with Gasteiger partial charge in [-0.2, -0.15) is 0 Å². The van der Waals surface area contributed by atoms with E-state index in [1.807, 2.05) is 12.1 Å². The Bertz CT molecular complexity index is 761. The Labute approximate surface area is 135 Å². The van der Waals surface area contributed by atoms with E-state index < -0.39 is 11.5 Å². The number of fused-ring (bicyclic) bond motifs is 3. The first-order valence-electron chi connectivity index (χ1n) is 8.26. The molecular formula is C18H21N3O2. The van der Waals surface area contributed by atoms with E-state index in [-0.39, 0.29) is 0 Å². The molecule has 0 bridgehead atoms. The standard InChI is InChI=1S/C18H21N3O2/c1-18(11-5-3-2-4-6-11)13-9-14(17(19)22)21-16(13)12-7-8-20-10-15(12)23-18/h7-11,21H,2-6H2,1H3,(H2,19,22)/t18-/m0/s1. The number of aromatic amines is 1. The van der Waals surface area contributed by atoms with Gasteiger partial charge in [0.05, 0.1) is 11.9 Å². The normalized spacial score (nSPS) is 23.7. The van der Waals surface area contributed by atoms with Crippen LogP contribution in [0.2, 0.25) is 0 Å². The maximum absolute atomic E-state index is 11.7. The van der Waals surface area contributed by atoms with Gasteiger partial charge < -0.3 is 15.5 Å². The molecule has 1 fully saturated rings. The number of carbonyl (C=O) groups is 1. The van der Waals surface area contributed by atoms with Crippen LogP contribution in [0, 0.1) is 5.92 Å². The van der Waals surface area contributed by atoms with Gasteiger partial charge in [-0.1, -0.05) is 19.3 Å². The maximum atomic E-state index is 11.7. The van der Waals surface area contributed by atoms with E-state index in [2.05, 4.69) is 16.9 Å². The molecule has 1 atom stereocenters. The molecule has 3 N–H and O–H groups in total. The molecule has 120 valence electrons. The number of nitrogens with two attached hydrogens (primary N) is 1. The van der Waals surface area contributed by atoms with E-state index >= 15 is 0 Å². The molecule has 2 aromatic heterocycles. The van der Waals surface area contributed by atoms with Crippen molar-refractivity contribution >= 4 is 5.91 Å². The van der Waals surface area contributed by atoms with E-state index in [1.54, 1.807) is 12.4 Å². The second-order valence-electron chi connectivity index (χ2n) is 6.75. The van der Waals surface area contributed by atoms with Crippen molar-refractivity contribution in [3.8, 4) is 17.0 Å². The molecule has 0 radical (unpaired) electrons. The van der Waals surface area contributed by atoms with Crippen LogP contribution in [-0.2, 0) is 5.60 Å². The summed E-state index contributed by atoms with van der Waals surface area (Å²) in [6.07, 6.45) is 9.52. The van der Waals surface area contributed by atoms with E-state index in [0.29, 0.717) is 11.6 Å². The lowest BCUT2D eigenvalue weighted by Gasteiger charge is -2.43. The summed E-state index contributed by atoms with van der Waals surface area (Å²) in [4.78, 5) is 19.1. The molecule has 5 nitrogen and oxygen atoms in total. The first kappa shape index (κ1) is 14.3. The fraction of sp³-hybridized carbons (Fsp3) is 0.444. The molecule has 2 aliphatic rings. The Morgan fingerprint density at radius 3 is 2.91 bits per heavy atom. The number of hydrogen-bond acceptors (Lipinski definition) is 3. The topological polar surface area (TPSA) is 81.0 Å². The minimum atomic E-state index is -0.448. The van der Waals surface area contributed by atoms with Crippen LogP contribution in [0.25, 0.3) is 11.3 Å². The highest BCUT2D eigenvalue weighted by atomic mass is 16.5. The number of primary amides is 1. The van der Waals surface area contributed by atoms with Crippen molar-refractivity contribution in [3.05, 3.63) is 35.8 Å². The fourth-order valence-corrected chi connectivity index (χ4v) is 4.10. The van der Waals surface area contributed by atoms with Gasteiger partial charge >= 0.3 is 0 Å². The summed E-state index contributed by atoms with van der Waals surface area (Å²) in [6.45, 7) is 2.14. The molecule has 2 aromatic rings. The van der Waals surface area contributed by atoms with E-state index in [1.165, 1.54) is 19.3 Å². The average Bonchev–Trinajstić information content (AvgIpc) is 3.03. The molecular weight excluding hydrogens is 290 g/mol. The Morgan fingerprint density at radius 2 is 2.17 bits per heavy atom. The smallest absolute Gasteiger partial charge is 0.265 e. The molecule has 23 heavy (non-hydrogen) atoms. The summed E-state index contributed by atoms with van der Waals surface area (Å²) in [5, 5.41) is 0. The van der Waals surface area contributed by atoms with Crippen molar-refractivity contribution in [1.29, 1.82) is 0 Å². The van der Waals surface area contributed by atoms with Gasteiger partial charge in [-0.3, -0.25) is 9.78 Å². The lowest BCUT2D eigenvalue weighted by Crippen LogP contribution is -2.41. The Morgan fingerprint density at radius 1 is 1.39 bits per heavy atom. The van der Waals surface area contributed by atoms with Crippen LogP contribution >= 0.6 is 0 Å². The van der Waals surface area contributed by atoms with Gasteiger partial charge in [0.15, 0.2) is 0 Å². The van der Waals surface area contributed by atoms with Gasteiger partial charge in [0.1, 0.15) is 17.0 Å². The van der Waals surface area contributed by atoms with Crippen LogP contribution in [-0.4, -0.2) is 15.9 Å². The van der Waals surface area contributed by atoms with Crippen molar-refractivity contribution in [3.63, 3.8) is 0 Å². The number of amides is 1. The molecule has 1 amide bonds. The highest BCUT2D eigenvalue weighted by Gasteiger charge is 2.45. The summed E-state index contributed by atoms with van der Waals surface area (Å²) in [7, 11) is 0. The minimum Gasteiger partial charge on any atom is -0.480 e. The maximum Gasteiger partial charge on any atom is 0.265 e. The molecule has 1 aliphatic carbocycles. The molecule has 0 unspecified atom stereocenters. The zero-order valence-electron chi connectivity index (χ0n) is 13.3. The third-order valence-electron chi connectivity index (χ3n) is 5.38. The third-order valence-corrected chi connectivity index (χ3v) is 5.38. The predicted molar refractivity (Wildman–Crippen MR) is 87.1 cm³/mol. The number of pyridine rings is 1. The molecule has 1 saturated carbocycles. The average molecular weight is 311 g/mol. The van der Waals surface area contributed by atoms with Gasteiger partial charge in [0.2, 0.25) is 0 Å². The van der Waals surface area contributed by atoms with Crippen LogP contribution < -0.4 is 10.5 Å². The van der Waals surface area contributed by atoms with Crippen LogP contribution in [0.15, 0.2) is 24.5 Å². The van der Waals surface area contributed by atoms with Crippen molar-refractivity contribution < 1.29 is 9.53 Å². The van der Waals surface area contributed by atoms with Gasteiger partial charge in [-0.25, -0.2) is 0 Å². The number of hydrogen-bond donors (Lipinski definition) is 2. The first-order chi connectivity index (χ1) is 11.1. The number of nitrogens with zero attached hydrogens (tertiary/aromatic N) is 1. The lowest BCUT2D eigenvalue weighted by molar-refractivity contribution is 0.00139. The van der Waals surface area contributed by atoms with E-state index in [0.717, 1.165) is 35.4 Å². The third kappa shape index (κ3) is 2.14. The van der Waals surface area contributed by atoms with Crippen molar-refractivity contribution in [2.75, 3.05) is 0 Å². The van der Waals surface area contributed by atoms with Crippen molar-refractivity contribution in [1.82, 2.24) is 9.97 Å². The molecule has 4 rings (SSSR count). The number of aromatic nitrogens is 2. The number of nitrogens with one attached hydrogen (secondary N) is 1. The zero-order valence-corrected chi connectivity index (χ0v) is 13.3. The summed E-state index contributed by atoms with van der Waals surface area (Å²) >= 11 is 0. The summed E-state index contributed by atoms with van der Waals surface area (Å²) in [5.74, 6) is 0.756.